The van der Waals surface area contributed by atoms with Crippen molar-refractivity contribution >= 4 is 11.7 Å². The SMILES string of the molecule is CN(CC/C(N)=N/O)C(=O)C1Cc2ccccc2C1. The molecule has 0 spiro atoms. The highest BCUT2D eigenvalue weighted by Gasteiger charge is 2.28. The highest BCUT2D eigenvalue weighted by atomic mass is 16.4. The zero-order valence-corrected chi connectivity index (χ0v) is 11.0. The Morgan fingerprint density at radius 2 is 2.00 bits per heavy atom. The predicted octanol–water partition coefficient (Wildman–Crippen LogP) is 0.996. The summed E-state index contributed by atoms with van der Waals surface area (Å²) in [5.41, 5.74) is 7.94. The van der Waals surface area contributed by atoms with Gasteiger partial charge < -0.3 is 15.8 Å². The quantitative estimate of drug-likeness (QED) is 0.367. The minimum atomic E-state index is 0.0229. The lowest BCUT2D eigenvalue weighted by molar-refractivity contribution is -0.133. The predicted molar refractivity (Wildman–Crippen MR) is 73.0 cm³/mol. The van der Waals surface area contributed by atoms with Crippen LogP contribution in [0.1, 0.15) is 17.5 Å². The van der Waals surface area contributed by atoms with Crippen molar-refractivity contribution in [2.24, 2.45) is 16.8 Å². The summed E-state index contributed by atoms with van der Waals surface area (Å²) in [6.07, 6.45) is 2.00. The van der Waals surface area contributed by atoms with E-state index in [-0.39, 0.29) is 17.7 Å². The van der Waals surface area contributed by atoms with Gasteiger partial charge in [-0.05, 0) is 24.0 Å². The molecule has 0 bridgehead atoms. The molecule has 1 aromatic rings. The second-order valence-corrected chi connectivity index (χ2v) is 4.98. The normalized spacial score (nSPS) is 15.3. The second-order valence-electron chi connectivity index (χ2n) is 4.98. The zero-order valence-electron chi connectivity index (χ0n) is 11.0. The van der Waals surface area contributed by atoms with Gasteiger partial charge in [-0.2, -0.15) is 0 Å². The largest absolute Gasteiger partial charge is 0.409 e. The van der Waals surface area contributed by atoms with Crippen LogP contribution >= 0.6 is 0 Å². The van der Waals surface area contributed by atoms with Gasteiger partial charge in [0.2, 0.25) is 5.91 Å². The lowest BCUT2D eigenvalue weighted by atomic mass is 10.0. The molecule has 1 aliphatic rings. The lowest BCUT2D eigenvalue weighted by Gasteiger charge is -2.20. The number of amidine groups is 1. The molecule has 0 atom stereocenters. The molecule has 5 heteroatoms. The Bertz CT molecular complexity index is 474. The van der Waals surface area contributed by atoms with E-state index in [1.165, 1.54) is 11.1 Å². The van der Waals surface area contributed by atoms with Crippen molar-refractivity contribution in [1.82, 2.24) is 4.90 Å². The maximum atomic E-state index is 12.3. The summed E-state index contributed by atoms with van der Waals surface area (Å²) in [5.74, 6) is 0.297. The summed E-state index contributed by atoms with van der Waals surface area (Å²) in [4.78, 5) is 14.0. The van der Waals surface area contributed by atoms with Crippen LogP contribution in [-0.2, 0) is 17.6 Å². The van der Waals surface area contributed by atoms with Crippen molar-refractivity contribution in [3.63, 3.8) is 0 Å². The number of fused-ring (bicyclic) bond motifs is 1. The maximum absolute atomic E-state index is 12.3. The molecule has 0 saturated heterocycles. The van der Waals surface area contributed by atoms with Crippen LogP contribution in [0.25, 0.3) is 0 Å². The van der Waals surface area contributed by atoms with Gasteiger partial charge in [0, 0.05) is 25.9 Å². The number of carbonyl (C=O) groups is 1. The molecule has 0 heterocycles. The van der Waals surface area contributed by atoms with E-state index in [1.54, 1.807) is 11.9 Å². The maximum Gasteiger partial charge on any atom is 0.226 e. The molecule has 0 fully saturated rings. The number of nitrogens with zero attached hydrogens (tertiary/aromatic N) is 2. The number of carbonyl (C=O) groups excluding carboxylic acids is 1. The average Bonchev–Trinajstić information content (AvgIpc) is 2.87. The Labute approximate surface area is 112 Å². The van der Waals surface area contributed by atoms with Gasteiger partial charge in [-0.15, -0.1) is 0 Å². The van der Waals surface area contributed by atoms with E-state index in [1.807, 2.05) is 12.1 Å². The third-order valence-corrected chi connectivity index (χ3v) is 3.61. The summed E-state index contributed by atoms with van der Waals surface area (Å²) < 4.78 is 0. The van der Waals surface area contributed by atoms with Crippen molar-refractivity contribution in [1.29, 1.82) is 0 Å². The molecule has 5 nitrogen and oxygen atoms in total. The van der Waals surface area contributed by atoms with E-state index >= 15 is 0 Å². The summed E-state index contributed by atoms with van der Waals surface area (Å²) >= 11 is 0. The van der Waals surface area contributed by atoms with Crippen LogP contribution in [0.3, 0.4) is 0 Å². The summed E-state index contributed by atoms with van der Waals surface area (Å²) in [7, 11) is 1.76. The Balaban J connectivity index is 1.92. The number of benzene rings is 1. The van der Waals surface area contributed by atoms with E-state index in [2.05, 4.69) is 17.3 Å². The van der Waals surface area contributed by atoms with E-state index in [0.717, 1.165) is 12.8 Å². The van der Waals surface area contributed by atoms with E-state index in [0.29, 0.717) is 13.0 Å². The van der Waals surface area contributed by atoms with Crippen LogP contribution in [-0.4, -0.2) is 35.4 Å². The van der Waals surface area contributed by atoms with Crippen molar-refractivity contribution in [3.8, 4) is 0 Å². The first kappa shape index (κ1) is 13.4. The Morgan fingerprint density at radius 3 is 2.53 bits per heavy atom. The van der Waals surface area contributed by atoms with Gasteiger partial charge in [0.05, 0.1) is 0 Å². The lowest BCUT2D eigenvalue weighted by Crippen LogP contribution is -2.35. The van der Waals surface area contributed by atoms with Gasteiger partial charge in [-0.25, -0.2) is 0 Å². The molecule has 0 radical (unpaired) electrons. The molecule has 102 valence electrons. The van der Waals surface area contributed by atoms with Crippen molar-refractivity contribution in [2.75, 3.05) is 13.6 Å². The van der Waals surface area contributed by atoms with Crippen LogP contribution < -0.4 is 5.73 Å². The molecular weight excluding hydrogens is 242 g/mol. The Morgan fingerprint density at radius 1 is 1.42 bits per heavy atom. The first-order chi connectivity index (χ1) is 9.11. The number of amides is 1. The fourth-order valence-corrected chi connectivity index (χ4v) is 2.49. The number of hydrogen-bond donors (Lipinski definition) is 2. The summed E-state index contributed by atoms with van der Waals surface area (Å²) in [6.45, 7) is 0.474. The van der Waals surface area contributed by atoms with E-state index < -0.39 is 0 Å². The van der Waals surface area contributed by atoms with Gasteiger partial charge in [0.25, 0.3) is 0 Å². The Hall–Kier alpha value is -2.04. The van der Waals surface area contributed by atoms with Crippen LogP contribution in [0.2, 0.25) is 0 Å². The van der Waals surface area contributed by atoms with Gasteiger partial charge in [-0.3, -0.25) is 4.79 Å². The molecule has 0 aromatic heterocycles. The van der Waals surface area contributed by atoms with E-state index in [4.69, 9.17) is 10.9 Å². The molecule has 1 amide bonds. The third-order valence-electron chi connectivity index (χ3n) is 3.61. The number of hydrogen-bond acceptors (Lipinski definition) is 3. The molecule has 0 aliphatic heterocycles. The fraction of sp³-hybridized carbons (Fsp3) is 0.429. The summed E-state index contributed by atoms with van der Waals surface area (Å²) in [5, 5.41) is 11.4. The monoisotopic (exact) mass is 261 g/mol. The van der Waals surface area contributed by atoms with Crippen molar-refractivity contribution in [2.45, 2.75) is 19.3 Å². The summed E-state index contributed by atoms with van der Waals surface area (Å²) in [6, 6.07) is 8.18. The van der Waals surface area contributed by atoms with Crippen molar-refractivity contribution < 1.29 is 10.0 Å². The van der Waals surface area contributed by atoms with Gasteiger partial charge in [0.15, 0.2) is 0 Å². The van der Waals surface area contributed by atoms with Crippen LogP contribution in [0.4, 0.5) is 0 Å². The molecule has 0 unspecified atom stereocenters. The molecule has 1 aliphatic carbocycles. The van der Waals surface area contributed by atoms with Crippen molar-refractivity contribution in [3.05, 3.63) is 35.4 Å². The molecule has 0 saturated carbocycles. The highest BCUT2D eigenvalue weighted by Crippen LogP contribution is 2.27. The topological polar surface area (TPSA) is 78.9 Å². The first-order valence-corrected chi connectivity index (χ1v) is 6.40. The molecule has 19 heavy (non-hydrogen) atoms. The number of rotatable bonds is 4. The third kappa shape index (κ3) is 3.05. The highest BCUT2D eigenvalue weighted by molar-refractivity contribution is 5.82. The minimum absolute atomic E-state index is 0.0229. The molecule has 1 aromatic carbocycles. The minimum Gasteiger partial charge on any atom is -0.409 e. The van der Waals surface area contributed by atoms with Gasteiger partial charge in [0.1, 0.15) is 5.84 Å². The fourth-order valence-electron chi connectivity index (χ4n) is 2.49. The molecule has 3 N–H and O–H groups in total. The number of nitrogens with two attached hydrogens (primary N) is 1. The Kier molecular flexibility index (Phi) is 4.04. The second kappa shape index (κ2) is 5.73. The average molecular weight is 261 g/mol. The smallest absolute Gasteiger partial charge is 0.226 e. The molecular formula is C14H19N3O2. The van der Waals surface area contributed by atoms with Gasteiger partial charge >= 0.3 is 0 Å². The van der Waals surface area contributed by atoms with Crippen LogP contribution in [0.5, 0.6) is 0 Å². The van der Waals surface area contributed by atoms with Crippen LogP contribution in [0, 0.1) is 5.92 Å². The molecule has 2 rings (SSSR count). The van der Waals surface area contributed by atoms with Crippen LogP contribution in [0.15, 0.2) is 29.4 Å². The zero-order chi connectivity index (χ0) is 13.8. The van der Waals surface area contributed by atoms with Gasteiger partial charge in [-0.1, -0.05) is 29.4 Å². The number of oxime groups is 1. The van der Waals surface area contributed by atoms with E-state index in [9.17, 15) is 4.79 Å². The standard InChI is InChI=1S/C14H19N3O2/c1-17(7-6-13(15)16-19)14(18)12-8-10-4-2-3-5-11(10)9-12/h2-5,12,19H,6-9H2,1H3,(H2,15,16). The first-order valence-electron chi connectivity index (χ1n) is 6.40.